The summed E-state index contributed by atoms with van der Waals surface area (Å²) in [4.78, 5) is 0. The number of aromatic nitrogens is 1. The van der Waals surface area contributed by atoms with Gasteiger partial charge in [0.1, 0.15) is 29.0 Å². The van der Waals surface area contributed by atoms with Gasteiger partial charge in [0.25, 0.3) is 0 Å². The highest BCUT2D eigenvalue weighted by atomic mass is 32.2. The van der Waals surface area contributed by atoms with E-state index in [1.165, 1.54) is 24.3 Å². The summed E-state index contributed by atoms with van der Waals surface area (Å²) in [5.74, 6) is -0.0214. The first-order chi connectivity index (χ1) is 12.0. The van der Waals surface area contributed by atoms with Crippen LogP contribution in [0.25, 0.3) is 16.6 Å². The molecule has 0 bridgehead atoms. The predicted molar refractivity (Wildman–Crippen MR) is 105 cm³/mol. The van der Waals surface area contributed by atoms with E-state index < -0.39 is 0 Å². The first-order valence-corrected chi connectivity index (χ1v) is 9.35. The van der Waals surface area contributed by atoms with E-state index in [4.69, 9.17) is 5.73 Å². The second-order valence-corrected chi connectivity index (χ2v) is 5.61. The molecule has 0 aliphatic carbocycles. The van der Waals surface area contributed by atoms with Crippen molar-refractivity contribution in [3.8, 4) is 17.5 Å². The normalized spacial score (nSPS) is 9.44. The fraction of sp³-hybridized carbons (Fsp3) is 0.211. The molecule has 0 fully saturated rings. The van der Waals surface area contributed by atoms with Gasteiger partial charge < -0.3 is 10.8 Å². The smallest absolute Gasteiger partial charge is 0.127 e. The van der Waals surface area contributed by atoms with Crippen LogP contribution in [0, 0.1) is 17.1 Å². The lowest BCUT2D eigenvalue weighted by Crippen LogP contribution is -2.00. The molecule has 2 aromatic carbocycles. The molecule has 0 spiro atoms. The SMILES string of the molecule is CC.CSC.N#Cc1c(N)n(-c2ccc(F)cc2)c2ccc(O)cc12. The largest absolute Gasteiger partial charge is 0.508 e. The lowest BCUT2D eigenvalue weighted by molar-refractivity contribution is 0.476. The number of aromatic hydroxyl groups is 1. The molecule has 3 N–H and O–H groups in total. The lowest BCUT2D eigenvalue weighted by Gasteiger charge is -2.07. The van der Waals surface area contributed by atoms with E-state index in [0.717, 1.165) is 0 Å². The number of fused-ring (bicyclic) bond motifs is 1. The Morgan fingerprint density at radius 2 is 1.68 bits per heavy atom. The van der Waals surface area contributed by atoms with Crippen molar-refractivity contribution >= 4 is 28.5 Å². The van der Waals surface area contributed by atoms with Gasteiger partial charge in [-0.15, -0.1) is 0 Å². The third kappa shape index (κ3) is 4.46. The van der Waals surface area contributed by atoms with Gasteiger partial charge in [0, 0.05) is 11.1 Å². The Hall–Kier alpha value is -2.65. The van der Waals surface area contributed by atoms with Crippen molar-refractivity contribution < 1.29 is 9.50 Å². The molecule has 0 radical (unpaired) electrons. The zero-order valence-corrected chi connectivity index (χ0v) is 15.6. The second kappa shape index (κ2) is 9.60. The molecule has 0 unspecified atom stereocenters. The number of phenols is 1. The number of thioether (sulfide) groups is 1. The fourth-order valence-electron chi connectivity index (χ4n) is 2.28. The topological polar surface area (TPSA) is 75.0 Å². The first kappa shape index (κ1) is 20.4. The maximum atomic E-state index is 13.0. The number of nitriles is 1. The number of halogens is 1. The van der Waals surface area contributed by atoms with Crippen LogP contribution >= 0.6 is 11.8 Å². The average Bonchev–Trinajstić information content (AvgIpc) is 2.89. The zero-order valence-electron chi connectivity index (χ0n) is 14.7. The zero-order chi connectivity index (χ0) is 19.0. The van der Waals surface area contributed by atoms with Crippen molar-refractivity contribution in [2.45, 2.75) is 13.8 Å². The molecular formula is C19H22FN3OS. The Morgan fingerprint density at radius 1 is 1.12 bits per heavy atom. The van der Waals surface area contributed by atoms with E-state index >= 15 is 0 Å². The van der Waals surface area contributed by atoms with Crippen molar-refractivity contribution in [1.29, 1.82) is 5.26 Å². The van der Waals surface area contributed by atoms with Crippen molar-refractivity contribution in [2.24, 2.45) is 0 Å². The van der Waals surface area contributed by atoms with Crippen molar-refractivity contribution in [2.75, 3.05) is 18.2 Å². The molecule has 0 saturated carbocycles. The second-order valence-electron chi connectivity index (χ2n) is 4.79. The molecule has 0 aliphatic heterocycles. The molecule has 6 heteroatoms. The van der Waals surface area contributed by atoms with Crippen LogP contribution in [0.4, 0.5) is 10.2 Å². The Kier molecular flexibility index (Phi) is 7.83. The minimum absolute atomic E-state index is 0.0604. The van der Waals surface area contributed by atoms with E-state index in [0.29, 0.717) is 22.2 Å². The summed E-state index contributed by atoms with van der Waals surface area (Å²) in [6.07, 6.45) is 4.08. The van der Waals surface area contributed by atoms with Gasteiger partial charge in [-0.25, -0.2) is 4.39 Å². The van der Waals surface area contributed by atoms with Gasteiger partial charge in [-0.2, -0.15) is 17.0 Å². The number of hydrogen-bond acceptors (Lipinski definition) is 4. The number of nitrogens with zero attached hydrogens (tertiary/aromatic N) is 2. The van der Waals surface area contributed by atoms with Gasteiger partial charge in [0.15, 0.2) is 0 Å². The lowest BCUT2D eigenvalue weighted by atomic mass is 10.2. The van der Waals surface area contributed by atoms with Crippen LogP contribution in [0.2, 0.25) is 0 Å². The Bertz CT molecular complexity index is 867. The molecule has 1 heterocycles. The Labute approximate surface area is 151 Å². The third-order valence-electron chi connectivity index (χ3n) is 3.18. The third-order valence-corrected chi connectivity index (χ3v) is 3.18. The number of nitrogen functional groups attached to an aromatic ring is 1. The molecule has 3 rings (SSSR count). The standard InChI is InChI=1S/C15H10FN3O.C2H6S.C2H6/c16-9-1-3-10(4-2-9)19-14-6-5-11(20)7-12(14)13(8-17)15(19)18;1-3-2;1-2/h1-7,20H,18H2;1-2H3;1-2H3. The molecule has 25 heavy (non-hydrogen) atoms. The molecule has 3 aromatic rings. The molecule has 0 amide bonds. The summed E-state index contributed by atoms with van der Waals surface area (Å²) in [6.45, 7) is 4.00. The summed E-state index contributed by atoms with van der Waals surface area (Å²) in [6, 6.07) is 12.5. The highest BCUT2D eigenvalue weighted by Gasteiger charge is 2.16. The predicted octanol–water partition coefficient (Wildman–Crippen LogP) is 4.93. The minimum atomic E-state index is -0.345. The summed E-state index contributed by atoms with van der Waals surface area (Å²) in [7, 11) is 0. The number of benzene rings is 2. The summed E-state index contributed by atoms with van der Waals surface area (Å²) in [5, 5.41) is 19.3. The number of hydrogen-bond donors (Lipinski definition) is 2. The van der Waals surface area contributed by atoms with Crippen molar-refractivity contribution in [1.82, 2.24) is 4.57 Å². The van der Waals surface area contributed by atoms with Crippen LogP contribution in [0.1, 0.15) is 19.4 Å². The van der Waals surface area contributed by atoms with Crippen molar-refractivity contribution in [3.63, 3.8) is 0 Å². The highest BCUT2D eigenvalue weighted by Crippen LogP contribution is 2.33. The average molecular weight is 359 g/mol. The van der Waals surface area contributed by atoms with Crippen LogP contribution < -0.4 is 5.73 Å². The van der Waals surface area contributed by atoms with Gasteiger partial charge >= 0.3 is 0 Å². The Balaban J connectivity index is 0.000000567. The maximum Gasteiger partial charge on any atom is 0.127 e. The summed E-state index contributed by atoms with van der Waals surface area (Å²) < 4.78 is 14.7. The quantitative estimate of drug-likeness (QED) is 0.646. The van der Waals surface area contributed by atoms with Gasteiger partial charge in [-0.05, 0) is 55.0 Å². The van der Waals surface area contributed by atoms with Crippen LogP contribution in [0.3, 0.4) is 0 Å². The monoisotopic (exact) mass is 359 g/mol. The first-order valence-electron chi connectivity index (χ1n) is 7.72. The van der Waals surface area contributed by atoms with E-state index in [1.54, 1.807) is 34.5 Å². The molecule has 1 aromatic heterocycles. The fourth-order valence-corrected chi connectivity index (χ4v) is 2.28. The number of phenolic OH excluding ortho intramolecular Hbond substituents is 1. The van der Waals surface area contributed by atoms with Crippen molar-refractivity contribution in [3.05, 3.63) is 53.8 Å². The molecule has 132 valence electrons. The van der Waals surface area contributed by atoms with Crippen LogP contribution in [-0.2, 0) is 0 Å². The van der Waals surface area contributed by atoms with Crippen LogP contribution in [-0.4, -0.2) is 22.2 Å². The van der Waals surface area contributed by atoms with E-state index in [-0.39, 0.29) is 17.4 Å². The van der Waals surface area contributed by atoms with E-state index in [1.807, 2.05) is 32.4 Å². The number of rotatable bonds is 1. The molecule has 0 saturated heterocycles. The Morgan fingerprint density at radius 3 is 2.20 bits per heavy atom. The van der Waals surface area contributed by atoms with Crippen LogP contribution in [0.15, 0.2) is 42.5 Å². The molecule has 4 nitrogen and oxygen atoms in total. The van der Waals surface area contributed by atoms with Gasteiger partial charge in [0.2, 0.25) is 0 Å². The molecule has 0 atom stereocenters. The minimum Gasteiger partial charge on any atom is -0.508 e. The van der Waals surface area contributed by atoms with Gasteiger partial charge in [-0.3, -0.25) is 4.57 Å². The van der Waals surface area contributed by atoms with Crippen LogP contribution in [0.5, 0.6) is 5.75 Å². The van der Waals surface area contributed by atoms with E-state index in [2.05, 4.69) is 0 Å². The number of anilines is 1. The summed E-state index contributed by atoms with van der Waals surface area (Å²) >= 11 is 1.75. The summed E-state index contributed by atoms with van der Waals surface area (Å²) in [5.41, 5.74) is 7.64. The maximum absolute atomic E-state index is 13.0. The molecular weight excluding hydrogens is 337 g/mol. The van der Waals surface area contributed by atoms with Gasteiger partial charge in [-0.1, -0.05) is 13.8 Å². The molecule has 0 aliphatic rings. The highest BCUT2D eigenvalue weighted by molar-refractivity contribution is 7.97. The van der Waals surface area contributed by atoms with Gasteiger partial charge in [0.05, 0.1) is 5.52 Å². The number of nitrogens with two attached hydrogens (primary N) is 1. The van der Waals surface area contributed by atoms with E-state index in [9.17, 15) is 14.8 Å².